The van der Waals surface area contributed by atoms with Crippen LogP contribution in [0.2, 0.25) is 0 Å². The van der Waals surface area contributed by atoms with E-state index >= 15 is 0 Å². The normalized spacial score (nSPS) is 20.9. The lowest BCUT2D eigenvalue weighted by Crippen LogP contribution is -2.70. The van der Waals surface area contributed by atoms with Gasteiger partial charge in [0.25, 0.3) is 5.56 Å². The molecule has 2 aromatic rings. The molecular weight excluding hydrogens is 492 g/mol. The predicted octanol–water partition coefficient (Wildman–Crippen LogP) is 0.882. The topological polar surface area (TPSA) is 138 Å². The summed E-state index contributed by atoms with van der Waals surface area (Å²) in [6.45, 7) is 2.46. The van der Waals surface area contributed by atoms with Crippen LogP contribution in [0.5, 0.6) is 5.88 Å². The highest BCUT2D eigenvalue weighted by Crippen LogP contribution is 2.49. The van der Waals surface area contributed by atoms with E-state index in [4.69, 9.17) is 0 Å². The van der Waals surface area contributed by atoms with Crippen LogP contribution in [-0.2, 0) is 30.1 Å². The van der Waals surface area contributed by atoms with E-state index < -0.39 is 40.4 Å². The van der Waals surface area contributed by atoms with Crippen LogP contribution in [0.3, 0.4) is 0 Å². The molecule has 12 heteroatoms. The number of aromatic hydroxyl groups is 1. The molecule has 0 saturated carbocycles. The summed E-state index contributed by atoms with van der Waals surface area (Å²) >= 11 is 0. The smallest absolute Gasteiger partial charge is 0.333 e. The zero-order chi connectivity index (χ0) is 27.7. The molecule has 2 saturated heterocycles. The average molecular weight is 523 g/mol. The lowest BCUT2D eigenvalue weighted by Gasteiger charge is -2.50. The van der Waals surface area contributed by atoms with Gasteiger partial charge in [0.05, 0.1) is 17.4 Å². The van der Waals surface area contributed by atoms with Gasteiger partial charge in [0.1, 0.15) is 5.56 Å². The first-order valence-corrected chi connectivity index (χ1v) is 12.5. The van der Waals surface area contributed by atoms with Gasteiger partial charge in [0.2, 0.25) is 17.7 Å². The minimum atomic E-state index is -1.43. The molecular formula is C26H30N6O6. The van der Waals surface area contributed by atoms with Crippen molar-refractivity contribution in [3.8, 4) is 5.88 Å². The summed E-state index contributed by atoms with van der Waals surface area (Å²) in [5.41, 5.74) is -0.407. The van der Waals surface area contributed by atoms with Crippen molar-refractivity contribution in [3.05, 3.63) is 50.2 Å². The van der Waals surface area contributed by atoms with Crippen molar-refractivity contribution >= 4 is 34.9 Å². The van der Waals surface area contributed by atoms with Gasteiger partial charge in [-0.25, -0.2) is 9.59 Å². The molecule has 1 aromatic heterocycles. The third-order valence-corrected chi connectivity index (χ3v) is 8.13. The first-order chi connectivity index (χ1) is 17.9. The number of carbonyl (C=O) groups excluding carboxylic acids is 3. The third-order valence-electron chi connectivity index (χ3n) is 8.13. The van der Waals surface area contributed by atoms with Crippen LogP contribution < -0.4 is 16.1 Å². The van der Waals surface area contributed by atoms with Gasteiger partial charge in [0, 0.05) is 40.4 Å². The fourth-order valence-corrected chi connectivity index (χ4v) is 6.13. The molecule has 1 aromatic carbocycles. The Morgan fingerprint density at radius 2 is 1.68 bits per heavy atom. The molecule has 1 atom stereocenters. The number of fused-ring (bicyclic) bond motifs is 4. The zero-order valence-electron chi connectivity index (χ0n) is 22.0. The fraction of sp³-hybridized carbons (Fsp3) is 0.462. The van der Waals surface area contributed by atoms with Gasteiger partial charge in [-0.05, 0) is 49.4 Å². The van der Waals surface area contributed by atoms with Crippen LogP contribution in [0.1, 0.15) is 37.3 Å². The highest BCUT2D eigenvalue weighted by atomic mass is 16.3. The van der Waals surface area contributed by atoms with Gasteiger partial charge < -0.3 is 10.0 Å². The molecule has 4 amide bonds. The number of imide groups is 2. The van der Waals surface area contributed by atoms with Gasteiger partial charge in [-0.2, -0.15) is 0 Å². The molecule has 3 aliphatic heterocycles. The molecule has 1 N–H and O–H groups in total. The van der Waals surface area contributed by atoms with E-state index in [0.29, 0.717) is 25.1 Å². The van der Waals surface area contributed by atoms with Crippen LogP contribution in [0, 0.1) is 5.41 Å². The van der Waals surface area contributed by atoms with Crippen LogP contribution in [0.15, 0.2) is 32.8 Å². The number of amides is 4. The molecule has 5 rings (SSSR count). The minimum absolute atomic E-state index is 0.0645. The summed E-state index contributed by atoms with van der Waals surface area (Å²) in [6.07, 6.45) is 1.87. The van der Waals surface area contributed by atoms with Crippen LogP contribution in [-0.4, -0.2) is 74.3 Å². The predicted molar refractivity (Wildman–Crippen MR) is 139 cm³/mol. The highest BCUT2D eigenvalue weighted by molar-refractivity contribution is 6.20. The summed E-state index contributed by atoms with van der Waals surface area (Å²) in [4.78, 5) is 73.5. The van der Waals surface area contributed by atoms with Crippen molar-refractivity contribution in [1.82, 2.24) is 18.9 Å². The summed E-state index contributed by atoms with van der Waals surface area (Å²) < 4.78 is 1.90. The van der Waals surface area contributed by atoms with E-state index in [2.05, 4.69) is 9.89 Å². The van der Waals surface area contributed by atoms with E-state index in [1.54, 1.807) is 19.1 Å². The molecule has 12 nitrogen and oxygen atoms in total. The number of aliphatic imine (C=N–C) groups is 1. The quantitative estimate of drug-likeness (QED) is 0.467. The highest BCUT2D eigenvalue weighted by Gasteiger charge is 2.63. The Labute approximate surface area is 218 Å². The van der Waals surface area contributed by atoms with Crippen LogP contribution >= 0.6 is 0 Å². The molecule has 0 radical (unpaired) electrons. The largest absolute Gasteiger partial charge is 0.494 e. The fourth-order valence-electron chi connectivity index (χ4n) is 6.13. The number of rotatable bonds is 3. The maximum absolute atomic E-state index is 13.6. The molecule has 38 heavy (non-hydrogen) atoms. The van der Waals surface area contributed by atoms with Gasteiger partial charge in [-0.1, -0.05) is 6.92 Å². The molecule has 0 unspecified atom stereocenters. The summed E-state index contributed by atoms with van der Waals surface area (Å²) in [6, 6.07) is 4.45. The standard InChI is InChI=1S/C26H30N6O6/c1-6-16(19-20(33)28(2)24(37)29(3)21(19)34)27-15-9-10-17-14(12-15)13-26(18-8-7-11-32(17)18)22(35)30(4)25(38)31(5)23(26)36/h9-10,12,18,33H,6-8,11,13H2,1-5H3/t18-/m1/s1. The molecule has 3 aliphatic rings. The van der Waals surface area contributed by atoms with Crippen LogP contribution in [0.25, 0.3) is 0 Å². The second-order valence-electron chi connectivity index (χ2n) is 10.1. The van der Waals surface area contributed by atoms with Crippen molar-refractivity contribution in [2.75, 3.05) is 25.5 Å². The lowest BCUT2D eigenvalue weighted by molar-refractivity contribution is -0.159. The second-order valence-corrected chi connectivity index (χ2v) is 10.1. The Morgan fingerprint density at radius 3 is 2.32 bits per heavy atom. The SMILES string of the molecule is CCC(=Nc1ccc2c(c1)CC1(C(=O)N(C)C(=O)N(C)C1=O)[C@H]1CCCN21)c1c(O)n(C)c(=O)n(C)c1=O. The molecule has 200 valence electrons. The molecule has 1 spiro atoms. The number of anilines is 1. The van der Waals surface area contributed by atoms with Crippen molar-refractivity contribution in [2.24, 2.45) is 24.5 Å². The number of urea groups is 1. The Balaban J connectivity index is 1.64. The molecule has 0 aliphatic carbocycles. The second kappa shape index (κ2) is 8.67. The lowest BCUT2D eigenvalue weighted by atomic mass is 9.68. The van der Waals surface area contributed by atoms with Crippen molar-refractivity contribution in [2.45, 2.75) is 38.6 Å². The van der Waals surface area contributed by atoms with E-state index in [-0.39, 0.29) is 23.7 Å². The number of hydrogen-bond acceptors (Lipinski definition) is 8. The Bertz CT molecular complexity index is 1530. The first-order valence-electron chi connectivity index (χ1n) is 12.5. The van der Waals surface area contributed by atoms with Crippen LogP contribution in [0.4, 0.5) is 16.2 Å². The number of hydrogen-bond donors (Lipinski definition) is 1. The van der Waals surface area contributed by atoms with E-state index in [9.17, 15) is 29.1 Å². The maximum Gasteiger partial charge on any atom is 0.333 e. The number of carbonyl (C=O) groups is 3. The first kappa shape index (κ1) is 25.4. The summed E-state index contributed by atoms with van der Waals surface area (Å²) in [5, 5.41) is 10.6. The molecule has 4 heterocycles. The summed E-state index contributed by atoms with van der Waals surface area (Å²) in [5.74, 6) is -1.48. The third kappa shape index (κ3) is 3.28. The zero-order valence-corrected chi connectivity index (χ0v) is 22.0. The van der Waals surface area contributed by atoms with Gasteiger partial charge in [-0.15, -0.1) is 0 Å². The summed E-state index contributed by atoms with van der Waals surface area (Å²) in [7, 11) is 5.51. The number of nitrogens with zero attached hydrogens (tertiary/aromatic N) is 6. The molecule has 2 fully saturated rings. The Morgan fingerprint density at radius 1 is 1.03 bits per heavy atom. The average Bonchev–Trinajstić information content (AvgIpc) is 3.42. The van der Waals surface area contributed by atoms with Crippen molar-refractivity contribution in [3.63, 3.8) is 0 Å². The number of barbiturate groups is 1. The van der Waals surface area contributed by atoms with Crippen molar-refractivity contribution < 1.29 is 19.5 Å². The van der Waals surface area contributed by atoms with Crippen molar-refractivity contribution in [1.29, 1.82) is 0 Å². The monoisotopic (exact) mass is 522 g/mol. The van der Waals surface area contributed by atoms with E-state index in [1.165, 1.54) is 28.2 Å². The van der Waals surface area contributed by atoms with Gasteiger partial charge in [0.15, 0.2) is 5.41 Å². The molecule has 0 bridgehead atoms. The van der Waals surface area contributed by atoms with Gasteiger partial charge >= 0.3 is 11.7 Å². The Kier molecular flexibility index (Phi) is 5.80. The minimum Gasteiger partial charge on any atom is -0.494 e. The number of benzene rings is 1. The Hall–Kier alpha value is -4.22. The number of aromatic nitrogens is 2. The van der Waals surface area contributed by atoms with Gasteiger partial charge in [-0.3, -0.25) is 38.3 Å². The maximum atomic E-state index is 13.6. The van der Waals surface area contributed by atoms with E-state index in [0.717, 1.165) is 36.6 Å². The van der Waals surface area contributed by atoms with E-state index in [1.807, 2.05) is 6.07 Å².